The molecule has 4 rings (SSSR count). The lowest BCUT2D eigenvalue weighted by molar-refractivity contribution is 0.0695. The van der Waals surface area contributed by atoms with Gasteiger partial charge in [-0.1, -0.05) is 31.0 Å². The van der Waals surface area contributed by atoms with Crippen molar-refractivity contribution < 1.29 is 19.0 Å². The molecule has 1 aromatic carbocycles. The van der Waals surface area contributed by atoms with Crippen molar-refractivity contribution in [2.24, 2.45) is 10.9 Å². The van der Waals surface area contributed by atoms with Crippen LogP contribution in [0.3, 0.4) is 0 Å². The summed E-state index contributed by atoms with van der Waals surface area (Å²) in [7, 11) is 1.44. The van der Waals surface area contributed by atoms with Gasteiger partial charge >= 0.3 is 5.97 Å². The zero-order valence-corrected chi connectivity index (χ0v) is 21.3. The monoisotopic (exact) mass is 514 g/mol. The fourth-order valence-electron chi connectivity index (χ4n) is 4.14. The Balaban J connectivity index is 0.000000970. The van der Waals surface area contributed by atoms with Crippen LogP contribution >= 0.6 is 24.4 Å². The van der Waals surface area contributed by atoms with E-state index in [1.165, 1.54) is 13.3 Å². The summed E-state index contributed by atoms with van der Waals surface area (Å²) >= 11 is 9.21. The number of fused-ring (bicyclic) bond motifs is 1. The van der Waals surface area contributed by atoms with E-state index in [0.717, 1.165) is 24.5 Å². The molecule has 0 bridgehead atoms. The third kappa shape index (κ3) is 5.51. The molecule has 1 saturated heterocycles. The van der Waals surface area contributed by atoms with Crippen molar-refractivity contribution in [3.63, 3.8) is 0 Å². The Labute approximate surface area is 208 Å². The molecule has 11 heteroatoms. The lowest BCUT2D eigenvalue weighted by Gasteiger charge is -2.33. The maximum Gasteiger partial charge on any atom is 0.341 e. The first-order chi connectivity index (χ1) is 16.4. The van der Waals surface area contributed by atoms with Gasteiger partial charge in [0.25, 0.3) is 0 Å². The van der Waals surface area contributed by atoms with E-state index in [9.17, 15) is 14.7 Å². The molecule has 1 aromatic heterocycles. The molecule has 188 valence electrons. The third-order valence-corrected chi connectivity index (χ3v) is 6.24. The highest BCUT2D eigenvalue weighted by molar-refractivity contribution is 7.77. The highest BCUT2D eigenvalue weighted by atomic mass is 35.5. The first-order valence-electron chi connectivity index (χ1n) is 11.1. The van der Waals surface area contributed by atoms with Crippen molar-refractivity contribution in [2.75, 3.05) is 31.6 Å². The number of hydrogen-bond donors (Lipinski definition) is 4. The number of thiol groups is 1. The van der Waals surface area contributed by atoms with Crippen LogP contribution in [0.15, 0.2) is 27.7 Å². The van der Waals surface area contributed by atoms with Gasteiger partial charge in [0, 0.05) is 36.9 Å². The van der Waals surface area contributed by atoms with E-state index in [-0.39, 0.29) is 35.0 Å². The molecule has 0 radical (unpaired) electrons. The van der Waals surface area contributed by atoms with Crippen LogP contribution in [0, 0.1) is 5.82 Å². The minimum atomic E-state index is -1.33. The lowest BCUT2D eigenvalue weighted by Crippen LogP contribution is -2.32. The van der Waals surface area contributed by atoms with E-state index in [0.29, 0.717) is 36.5 Å². The Morgan fingerprint density at radius 2 is 1.88 bits per heavy atom. The summed E-state index contributed by atoms with van der Waals surface area (Å²) in [6.45, 7) is 5.35. The number of pyridine rings is 1. The third-order valence-electron chi connectivity index (χ3n) is 5.82. The van der Waals surface area contributed by atoms with Gasteiger partial charge in [0.15, 0.2) is 11.6 Å². The second-order valence-electron chi connectivity index (χ2n) is 7.65. The molecule has 0 amide bonds. The summed E-state index contributed by atoms with van der Waals surface area (Å²) < 4.78 is 22.6. The van der Waals surface area contributed by atoms with Crippen LogP contribution in [0.5, 0.6) is 5.75 Å². The van der Waals surface area contributed by atoms with E-state index in [2.05, 4.69) is 18.0 Å². The number of nitrogens with zero attached hydrogens (tertiary/aromatic N) is 2. The van der Waals surface area contributed by atoms with Crippen molar-refractivity contribution in [1.29, 1.82) is 0 Å². The van der Waals surface area contributed by atoms with Crippen LogP contribution in [0.2, 0.25) is 0 Å². The van der Waals surface area contributed by atoms with Gasteiger partial charge in [0.1, 0.15) is 11.3 Å². The zero-order chi connectivity index (χ0) is 25.6. The molecule has 0 atom stereocenters. The number of anilines is 1. The molecule has 2 heterocycles. The summed E-state index contributed by atoms with van der Waals surface area (Å²) in [6, 6.07) is 1.21. The second kappa shape index (κ2) is 12.4. The summed E-state index contributed by atoms with van der Waals surface area (Å²) in [5.74, 6) is -1.69. The number of ether oxygens (including phenoxy) is 1. The average Bonchev–Trinajstić information content (AvgIpc) is 3.71. The Kier molecular flexibility index (Phi) is 10.2. The van der Waals surface area contributed by atoms with Crippen molar-refractivity contribution in [3.8, 4) is 5.75 Å². The van der Waals surface area contributed by atoms with Crippen LogP contribution < -0.4 is 25.9 Å². The number of aromatic carboxylic acids is 1. The summed E-state index contributed by atoms with van der Waals surface area (Å²) in [6.07, 6.45) is 4.39. The molecule has 1 saturated carbocycles. The SMILES string of the molecule is CC.COc1c(N2CCC(=C(Cl)CN)CC2)c(F)cc2c(=O)c(C(=O)O)cn(C3CC3)c12.NS. The van der Waals surface area contributed by atoms with Crippen LogP contribution in [0.25, 0.3) is 10.9 Å². The fraction of sp³-hybridized carbons (Fsp3) is 0.478. The van der Waals surface area contributed by atoms with Crippen molar-refractivity contribution in [1.82, 2.24) is 4.57 Å². The first kappa shape index (κ1) is 28.0. The number of rotatable bonds is 5. The predicted octanol–water partition coefficient (Wildman–Crippen LogP) is 4.05. The zero-order valence-electron chi connectivity index (χ0n) is 19.6. The molecule has 1 aliphatic heterocycles. The average molecular weight is 515 g/mol. The summed E-state index contributed by atoms with van der Waals surface area (Å²) in [5.41, 5.74) is 6.33. The quantitative estimate of drug-likeness (QED) is 0.444. The van der Waals surface area contributed by atoms with Crippen LogP contribution in [-0.2, 0) is 0 Å². The molecule has 2 fully saturated rings. The van der Waals surface area contributed by atoms with E-state index in [1.807, 2.05) is 18.7 Å². The highest BCUT2D eigenvalue weighted by Gasteiger charge is 2.31. The number of carboxylic acids is 1. The predicted molar refractivity (Wildman–Crippen MR) is 138 cm³/mol. The molecule has 2 aliphatic rings. The topological polar surface area (TPSA) is 124 Å². The minimum absolute atomic E-state index is 0.0173. The summed E-state index contributed by atoms with van der Waals surface area (Å²) in [5, 5.41) is 14.3. The maximum atomic E-state index is 15.3. The van der Waals surface area contributed by atoms with Gasteiger partial charge in [0.05, 0.1) is 18.0 Å². The van der Waals surface area contributed by atoms with Crippen molar-refractivity contribution in [3.05, 3.63) is 44.5 Å². The van der Waals surface area contributed by atoms with Crippen LogP contribution in [0.4, 0.5) is 10.1 Å². The van der Waals surface area contributed by atoms with Crippen molar-refractivity contribution >= 4 is 47.0 Å². The second-order valence-corrected chi connectivity index (χ2v) is 8.11. The Bertz CT molecular complexity index is 1120. The Morgan fingerprint density at radius 3 is 2.35 bits per heavy atom. The molecule has 5 N–H and O–H groups in total. The lowest BCUT2D eigenvalue weighted by atomic mass is 10.0. The maximum absolute atomic E-state index is 15.3. The van der Waals surface area contributed by atoms with Gasteiger partial charge < -0.3 is 25.0 Å². The van der Waals surface area contributed by atoms with Crippen molar-refractivity contribution in [2.45, 2.75) is 45.6 Å². The van der Waals surface area contributed by atoms with Gasteiger partial charge in [0.2, 0.25) is 5.43 Å². The molecular weight excluding hydrogens is 483 g/mol. The number of benzene rings is 1. The van der Waals surface area contributed by atoms with Gasteiger partial charge in [-0.05, 0) is 31.7 Å². The molecule has 0 spiro atoms. The van der Waals surface area contributed by atoms with Crippen LogP contribution in [0.1, 0.15) is 55.9 Å². The van der Waals surface area contributed by atoms with E-state index in [4.69, 9.17) is 22.1 Å². The number of halogens is 2. The number of methoxy groups -OCH3 is 1. The van der Waals surface area contributed by atoms with Gasteiger partial charge in [-0.15, -0.1) is 12.8 Å². The van der Waals surface area contributed by atoms with E-state index in [1.54, 1.807) is 4.57 Å². The number of hydrogen-bond acceptors (Lipinski definition) is 7. The number of nitrogens with two attached hydrogens (primary N) is 2. The Morgan fingerprint density at radius 1 is 1.29 bits per heavy atom. The van der Waals surface area contributed by atoms with Gasteiger partial charge in [-0.25, -0.2) is 9.18 Å². The fourth-order valence-corrected chi connectivity index (χ4v) is 4.33. The number of aromatic nitrogens is 1. The number of carboxylic acid groups (broad SMARTS) is 1. The van der Waals surface area contributed by atoms with Gasteiger partial charge in [-0.3, -0.25) is 9.93 Å². The van der Waals surface area contributed by atoms with Crippen LogP contribution in [-0.4, -0.2) is 42.4 Å². The first-order valence-corrected chi connectivity index (χ1v) is 12.0. The largest absolute Gasteiger partial charge is 0.492 e. The number of carbonyl (C=O) groups is 1. The number of piperidine rings is 1. The normalized spacial score (nSPS) is 15.2. The molecule has 8 nitrogen and oxygen atoms in total. The minimum Gasteiger partial charge on any atom is -0.492 e. The molecule has 1 aliphatic carbocycles. The van der Waals surface area contributed by atoms with E-state index >= 15 is 4.39 Å². The molecule has 0 unspecified atom stereocenters. The Hall–Kier alpha value is -2.27. The molecule has 34 heavy (non-hydrogen) atoms. The summed E-state index contributed by atoms with van der Waals surface area (Å²) in [4.78, 5) is 26.2. The molecule has 2 aromatic rings. The molecular formula is C23H32ClFN4O4S. The standard InChI is InChI=1S/C21H23ClFN3O4.C2H6.H3NS/c1-30-20-17-13(19(27)14(21(28)29)10-26(17)12-2-3-12)8-16(23)18(20)25-6-4-11(5-7-25)15(22)9-24;2*1-2/h8,10,12H,2-7,9,24H2,1H3,(H,28,29);1-2H3;2H,1H2. The van der Waals surface area contributed by atoms with Gasteiger partial charge in [-0.2, -0.15) is 0 Å². The van der Waals surface area contributed by atoms with E-state index < -0.39 is 17.2 Å². The highest BCUT2D eigenvalue weighted by Crippen LogP contribution is 2.44. The smallest absolute Gasteiger partial charge is 0.341 e.